The molecule has 0 aliphatic carbocycles. The minimum absolute atomic E-state index is 0.0289. The molecule has 0 bridgehead atoms. The summed E-state index contributed by atoms with van der Waals surface area (Å²) in [5.41, 5.74) is 0.517. The molecule has 3 rings (SSSR count). The van der Waals surface area contributed by atoms with E-state index in [9.17, 15) is 22.0 Å². The fourth-order valence-corrected chi connectivity index (χ4v) is 4.18. The van der Waals surface area contributed by atoms with Gasteiger partial charge in [0.1, 0.15) is 16.5 Å². The normalized spacial score (nSPS) is 15.7. The molecule has 2 heterocycles. The predicted molar refractivity (Wildman–Crippen MR) is 94.4 cm³/mol. The lowest BCUT2D eigenvalue weighted by molar-refractivity contribution is 0.0691. The Balaban J connectivity index is 1.54. The average Bonchev–Trinajstić information content (AvgIpc) is 2.67. The Morgan fingerprint density at radius 2 is 1.96 bits per heavy atom. The summed E-state index contributed by atoms with van der Waals surface area (Å²) in [6.07, 6.45) is 4.36. The van der Waals surface area contributed by atoms with Crippen LogP contribution >= 0.6 is 0 Å². The summed E-state index contributed by atoms with van der Waals surface area (Å²) in [5.74, 6) is -2.03. The second-order valence-corrected chi connectivity index (χ2v) is 8.14. The van der Waals surface area contributed by atoms with E-state index in [1.807, 2.05) is 0 Å². The number of hydrogen-bond acceptors (Lipinski definition) is 4. The summed E-state index contributed by atoms with van der Waals surface area (Å²) < 4.78 is 53.5. The Morgan fingerprint density at radius 1 is 1.22 bits per heavy atom. The number of likely N-dealkylation sites (tertiary alicyclic amines) is 1. The van der Waals surface area contributed by atoms with Crippen LogP contribution in [0, 0.1) is 17.6 Å². The number of nitrogens with one attached hydrogen (secondary N) is 1. The average molecular weight is 395 g/mol. The third-order valence-corrected chi connectivity index (χ3v) is 6.01. The molecule has 0 saturated carbocycles. The van der Waals surface area contributed by atoms with E-state index in [-0.39, 0.29) is 18.4 Å². The number of amides is 1. The Hall–Kier alpha value is -2.39. The van der Waals surface area contributed by atoms with Gasteiger partial charge < -0.3 is 4.90 Å². The first-order valence-electron chi connectivity index (χ1n) is 8.51. The van der Waals surface area contributed by atoms with E-state index in [0.29, 0.717) is 37.6 Å². The molecule has 1 aliphatic rings. The molecule has 1 N–H and O–H groups in total. The molecule has 0 atom stereocenters. The molecule has 6 nitrogen and oxygen atoms in total. The second-order valence-electron chi connectivity index (χ2n) is 6.40. The van der Waals surface area contributed by atoms with Crippen molar-refractivity contribution >= 4 is 15.9 Å². The standard InChI is InChI=1S/C18H19F2N3O3S/c19-15-3-4-17(16(20)10-15)27(25,26)22-11-13-5-8-23(9-6-13)18(24)14-2-1-7-21-12-14/h1-4,7,10,12-13,22H,5-6,8-9,11H2. The lowest BCUT2D eigenvalue weighted by Gasteiger charge is -2.32. The highest BCUT2D eigenvalue weighted by atomic mass is 32.2. The van der Waals surface area contributed by atoms with Gasteiger partial charge in [0, 0.05) is 38.1 Å². The van der Waals surface area contributed by atoms with Crippen LogP contribution in [0.5, 0.6) is 0 Å². The summed E-state index contributed by atoms with van der Waals surface area (Å²) in [6.45, 7) is 1.14. The molecule has 1 amide bonds. The fourth-order valence-electron chi connectivity index (χ4n) is 3.01. The molecule has 0 radical (unpaired) electrons. The number of nitrogens with zero attached hydrogens (tertiary/aromatic N) is 2. The van der Waals surface area contributed by atoms with E-state index in [1.165, 1.54) is 6.20 Å². The Kier molecular flexibility index (Phi) is 5.81. The van der Waals surface area contributed by atoms with Gasteiger partial charge >= 0.3 is 0 Å². The first-order valence-corrected chi connectivity index (χ1v) is 9.99. The summed E-state index contributed by atoms with van der Waals surface area (Å²) in [5, 5.41) is 0. The lowest BCUT2D eigenvalue weighted by atomic mass is 9.97. The van der Waals surface area contributed by atoms with Crippen LogP contribution in [-0.4, -0.2) is 43.8 Å². The van der Waals surface area contributed by atoms with Crippen molar-refractivity contribution in [3.63, 3.8) is 0 Å². The number of pyridine rings is 1. The third-order valence-electron chi connectivity index (χ3n) is 4.56. The summed E-state index contributed by atoms with van der Waals surface area (Å²) in [6, 6.07) is 5.75. The van der Waals surface area contributed by atoms with Crippen molar-refractivity contribution in [3.05, 3.63) is 59.9 Å². The first-order chi connectivity index (χ1) is 12.9. The minimum Gasteiger partial charge on any atom is -0.339 e. The maximum Gasteiger partial charge on any atom is 0.255 e. The quantitative estimate of drug-likeness (QED) is 0.842. The van der Waals surface area contributed by atoms with Crippen LogP contribution in [0.15, 0.2) is 47.6 Å². The zero-order valence-corrected chi connectivity index (χ0v) is 15.3. The zero-order chi connectivity index (χ0) is 19.4. The maximum absolute atomic E-state index is 13.7. The van der Waals surface area contributed by atoms with Crippen LogP contribution in [0.4, 0.5) is 8.78 Å². The highest BCUT2D eigenvalue weighted by molar-refractivity contribution is 7.89. The van der Waals surface area contributed by atoms with Crippen molar-refractivity contribution in [2.45, 2.75) is 17.7 Å². The predicted octanol–water partition coefficient (Wildman–Crippen LogP) is 2.19. The molecule has 144 valence electrons. The van der Waals surface area contributed by atoms with E-state index in [2.05, 4.69) is 9.71 Å². The number of sulfonamides is 1. The first kappa shape index (κ1) is 19.4. The van der Waals surface area contributed by atoms with Crippen LogP contribution < -0.4 is 4.72 Å². The molecule has 1 fully saturated rings. The van der Waals surface area contributed by atoms with Gasteiger partial charge in [-0.25, -0.2) is 21.9 Å². The van der Waals surface area contributed by atoms with Gasteiger partial charge in [-0.05, 0) is 43.0 Å². The van der Waals surface area contributed by atoms with Crippen LogP contribution in [-0.2, 0) is 10.0 Å². The van der Waals surface area contributed by atoms with Gasteiger partial charge in [0.2, 0.25) is 10.0 Å². The fraction of sp³-hybridized carbons (Fsp3) is 0.333. The largest absolute Gasteiger partial charge is 0.339 e. The molecule has 1 aromatic carbocycles. The molecular weight excluding hydrogens is 376 g/mol. The van der Waals surface area contributed by atoms with Crippen molar-refractivity contribution in [1.29, 1.82) is 0 Å². The number of aromatic nitrogens is 1. The Labute approximate surface area is 156 Å². The van der Waals surface area contributed by atoms with E-state index < -0.39 is 26.6 Å². The van der Waals surface area contributed by atoms with E-state index in [1.54, 1.807) is 23.2 Å². The number of halogens is 2. The lowest BCUT2D eigenvalue weighted by Crippen LogP contribution is -2.41. The molecular formula is C18H19F2N3O3S. The van der Waals surface area contributed by atoms with Gasteiger partial charge in [-0.1, -0.05) is 0 Å². The SMILES string of the molecule is O=C(c1cccnc1)N1CCC(CNS(=O)(=O)c2ccc(F)cc2F)CC1. The molecule has 2 aromatic rings. The van der Waals surface area contributed by atoms with E-state index in [4.69, 9.17) is 0 Å². The minimum atomic E-state index is -4.06. The molecule has 1 aliphatic heterocycles. The van der Waals surface area contributed by atoms with Crippen molar-refractivity contribution in [2.75, 3.05) is 19.6 Å². The van der Waals surface area contributed by atoms with Gasteiger partial charge in [-0.2, -0.15) is 0 Å². The van der Waals surface area contributed by atoms with E-state index >= 15 is 0 Å². The van der Waals surface area contributed by atoms with Crippen LogP contribution in [0.3, 0.4) is 0 Å². The number of rotatable bonds is 5. The van der Waals surface area contributed by atoms with Crippen LogP contribution in [0.2, 0.25) is 0 Å². The van der Waals surface area contributed by atoms with Crippen molar-refractivity contribution in [2.24, 2.45) is 5.92 Å². The molecule has 0 unspecified atom stereocenters. The van der Waals surface area contributed by atoms with E-state index in [0.717, 1.165) is 12.1 Å². The highest BCUT2D eigenvalue weighted by Crippen LogP contribution is 2.20. The zero-order valence-electron chi connectivity index (χ0n) is 14.4. The molecule has 1 aromatic heterocycles. The van der Waals surface area contributed by atoms with Crippen molar-refractivity contribution < 1.29 is 22.0 Å². The van der Waals surface area contributed by atoms with Crippen LogP contribution in [0.1, 0.15) is 23.2 Å². The van der Waals surface area contributed by atoms with Crippen molar-refractivity contribution in [1.82, 2.24) is 14.6 Å². The molecule has 1 saturated heterocycles. The smallest absolute Gasteiger partial charge is 0.255 e. The van der Waals surface area contributed by atoms with Gasteiger partial charge in [-0.3, -0.25) is 9.78 Å². The monoisotopic (exact) mass is 395 g/mol. The summed E-state index contributed by atoms with van der Waals surface area (Å²) >= 11 is 0. The number of carbonyl (C=O) groups is 1. The van der Waals surface area contributed by atoms with Gasteiger partial charge in [0.15, 0.2) is 0 Å². The number of carbonyl (C=O) groups excluding carboxylic acids is 1. The van der Waals surface area contributed by atoms with Crippen LogP contribution in [0.25, 0.3) is 0 Å². The van der Waals surface area contributed by atoms with Gasteiger partial charge in [0.25, 0.3) is 5.91 Å². The highest BCUT2D eigenvalue weighted by Gasteiger charge is 2.26. The molecule has 0 spiro atoms. The Morgan fingerprint density at radius 3 is 2.59 bits per heavy atom. The van der Waals surface area contributed by atoms with Gasteiger partial charge in [-0.15, -0.1) is 0 Å². The number of benzene rings is 1. The third kappa shape index (κ3) is 4.67. The number of hydrogen-bond donors (Lipinski definition) is 1. The topological polar surface area (TPSA) is 79.4 Å². The molecule has 27 heavy (non-hydrogen) atoms. The maximum atomic E-state index is 13.7. The van der Waals surface area contributed by atoms with Crippen molar-refractivity contribution in [3.8, 4) is 0 Å². The second kappa shape index (κ2) is 8.10. The summed E-state index contributed by atoms with van der Waals surface area (Å²) in [4.78, 5) is 17.4. The summed E-state index contributed by atoms with van der Waals surface area (Å²) in [7, 11) is -4.06. The van der Waals surface area contributed by atoms with Gasteiger partial charge in [0.05, 0.1) is 5.56 Å². The molecule has 9 heteroatoms. The number of piperidine rings is 1. The Bertz CT molecular complexity index is 915.